The molecule has 0 amide bonds. The average Bonchev–Trinajstić information content (AvgIpc) is 2.86. The molecular formula is C12H16BrN3O. The van der Waals surface area contributed by atoms with Gasteiger partial charge in [0.05, 0.1) is 30.1 Å². The van der Waals surface area contributed by atoms with E-state index in [1.54, 1.807) is 0 Å². The third-order valence-corrected chi connectivity index (χ3v) is 3.96. The number of halogens is 1. The summed E-state index contributed by atoms with van der Waals surface area (Å²) in [7, 11) is 0. The van der Waals surface area contributed by atoms with Crippen LogP contribution in [0, 0.1) is 6.92 Å². The van der Waals surface area contributed by atoms with Gasteiger partial charge in [-0.2, -0.15) is 0 Å². The van der Waals surface area contributed by atoms with E-state index in [-0.39, 0.29) is 6.04 Å². The van der Waals surface area contributed by atoms with E-state index in [9.17, 15) is 0 Å². The van der Waals surface area contributed by atoms with Gasteiger partial charge in [0.25, 0.3) is 0 Å². The Hall–Kier alpha value is -0.650. The van der Waals surface area contributed by atoms with Crippen molar-refractivity contribution in [3.05, 3.63) is 21.9 Å². The van der Waals surface area contributed by atoms with Gasteiger partial charge in [-0.25, -0.2) is 5.43 Å². The molecule has 0 aliphatic carbocycles. The average molecular weight is 298 g/mol. The van der Waals surface area contributed by atoms with E-state index in [1.807, 2.05) is 6.92 Å². The number of aryl methyl sites for hydroxylation is 1. The van der Waals surface area contributed by atoms with Crippen molar-refractivity contribution in [2.24, 2.45) is 0 Å². The highest BCUT2D eigenvalue weighted by molar-refractivity contribution is 9.10. The maximum Gasteiger partial charge on any atom is 0.0898 e. The van der Waals surface area contributed by atoms with Gasteiger partial charge >= 0.3 is 0 Å². The first-order valence-corrected chi connectivity index (χ1v) is 6.76. The first-order valence-electron chi connectivity index (χ1n) is 5.97. The molecule has 1 fully saturated rings. The van der Waals surface area contributed by atoms with Crippen LogP contribution < -0.4 is 10.4 Å². The second-order valence-corrected chi connectivity index (χ2v) is 5.57. The normalized spacial score (nSPS) is 27.6. The van der Waals surface area contributed by atoms with Gasteiger partial charge in [0.2, 0.25) is 0 Å². The monoisotopic (exact) mass is 297 g/mol. The van der Waals surface area contributed by atoms with E-state index in [2.05, 4.69) is 44.3 Å². The molecule has 1 saturated heterocycles. The molecule has 5 heteroatoms. The molecule has 2 aliphatic rings. The number of rotatable bonds is 1. The Kier molecular flexibility index (Phi) is 2.84. The van der Waals surface area contributed by atoms with E-state index < -0.39 is 0 Å². The fraction of sp³-hybridized carbons (Fsp3) is 0.583. The summed E-state index contributed by atoms with van der Waals surface area (Å²) in [5.41, 5.74) is 6.85. The molecular weight excluding hydrogens is 282 g/mol. The second kappa shape index (κ2) is 4.23. The Labute approximate surface area is 109 Å². The van der Waals surface area contributed by atoms with Crippen molar-refractivity contribution in [3.8, 4) is 0 Å². The quantitative estimate of drug-likeness (QED) is 0.863. The highest BCUT2D eigenvalue weighted by Gasteiger charge is 2.35. The van der Waals surface area contributed by atoms with Crippen LogP contribution in [0.5, 0.6) is 0 Å². The molecule has 0 radical (unpaired) electrons. The van der Waals surface area contributed by atoms with Crippen LogP contribution in [-0.4, -0.2) is 24.2 Å². The number of hydrogen-bond acceptors (Lipinski definition) is 4. The molecule has 3 heterocycles. The summed E-state index contributed by atoms with van der Waals surface area (Å²) in [6.45, 7) is 5.82. The first-order chi connectivity index (χ1) is 8.16. The minimum absolute atomic E-state index is 0.266. The van der Waals surface area contributed by atoms with Gasteiger partial charge in [0.1, 0.15) is 0 Å². The summed E-state index contributed by atoms with van der Waals surface area (Å²) in [6.07, 6.45) is 1.07. The summed E-state index contributed by atoms with van der Waals surface area (Å²) in [5.74, 6) is 0. The molecule has 0 saturated carbocycles. The fourth-order valence-electron chi connectivity index (χ4n) is 2.54. The molecule has 0 spiro atoms. The van der Waals surface area contributed by atoms with Crippen LogP contribution in [-0.2, 0) is 4.74 Å². The lowest BCUT2D eigenvalue weighted by molar-refractivity contribution is 0.192. The van der Waals surface area contributed by atoms with Crippen LogP contribution in [0.1, 0.15) is 30.8 Å². The molecule has 2 aliphatic heterocycles. The lowest BCUT2D eigenvalue weighted by Gasteiger charge is -2.26. The number of ether oxygens (including phenoxy) is 1. The van der Waals surface area contributed by atoms with Crippen molar-refractivity contribution >= 4 is 21.6 Å². The van der Waals surface area contributed by atoms with Gasteiger partial charge in [-0.05, 0) is 42.3 Å². The van der Waals surface area contributed by atoms with Crippen LogP contribution in [0.15, 0.2) is 10.5 Å². The maximum absolute atomic E-state index is 5.47. The summed E-state index contributed by atoms with van der Waals surface area (Å²) in [5, 5.41) is 2.23. The molecule has 2 unspecified atom stereocenters. The van der Waals surface area contributed by atoms with Crippen molar-refractivity contribution in [1.82, 2.24) is 10.4 Å². The second-order valence-electron chi connectivity index (χ2n) is 4.72. The highest BCUT2D eigenvalue weighted by atomic mass is 79.9. The largest absolute Gasteiger partial charge is 0.379 e. The van der Waals surface area contributed by atoms with Crippen molar-refractivity contribution in [1.29, 1.82) is 0 Å². The Balaban J connectivity index is 2.02. The SMILES string of the molecule is Cc1cc(Br)c2c(n1)C(C)NN2C1CCOC1. The molecule has 4 nitrogen and oxygen atoms in total. The molecule has 1 N–H and O–H groups in total. The number of nitrogens with zero attached hydrogens (tertiary/aromatic N) is 2. The summed E-state index contributed by atoms with van der Waals surface area (Å²) in [4.78, 5) is 4.64. The number of nitrogens with one attached hydrogen (secondary N) is 1. The van der Waals surface area contributed by atoms with E-state index in [0.717, 1.165) is 35.5 Å². The third kappa shape index (κ3) is 1.86. The van der Waals surface area contributed by atoms with Crippen molar-refractivity contribution in [2.45, 2.75) is 32.4 Å². The zero-order valence-electron chi connectivity index (χ0n) is 10.0. The maximum atomic E-state index is 5.47. The van der Waals surface area contributed by atoms with Crippen molar-refractivity contribution in [3.63, 3.8) is 0 Å². The zero-order chi connectivity index (χ0) is 12.0. The number of aromatic nitrogens is 1. The van der Waals surface area contributed by atoms with Gasteiger partial charge in [-0.15, -0.1) is 0 Å². The van der Waals surface area contributed by atoms with Crippen LogP contribution >= 0.6 is 15.9 Å². The number of hydrogen-bond donors (Lipinski definition) is 1. The predicted octanol–water partition coefficient (Wildman–Crippen LogP) is 2.33. The van der Waals surface area contributed by atoms with Crippen molar-refractivity contribution < 1.29 is 4.74 Å². The number of fused-ring (bicyclic) bond motifs is 1. The molecule has 2 atom stereocenters. The number of anilines is 1. The Morgan fingerprint density at radius 2 is 2.41 bits per heavy atom. The molecule has 1 aromatic rings. The standard InChI is InChI=1S/C12H16BrN3O/c1-7-5-10(13)12-11(14-7)8(2)15-16(12)9-3-4-17-6-9/h5,8-9,15H,3-4,6H2,1-2H3. The highest BCUT2D eigenvalue weighted by Crippen LogP contribution is 2.39. The fourth-order valence-corrected chi connectivity index (χ4v) is 3.26. The number of pyridine rings is 1. The molecule has 17 heavy (non-hydrogen) atoms. The first kappa shape index (κ1) is 11.4. The molecule has 92 valence electrons. The van der Waals surface area contributed by atoms with Gasteiger partial charge in [0, 0.05) is 16.8 Å². The minimum atomic E-state index is 0.266. The third-order valence-electron chi connectivity index (χ3n) is 3.36. The molecule has 0 aromatic carbocycles. The minimum Gasteiger partial charge on any atom is -0.379 e. The van der Waals surface area contributed by atoms with Gasteiger partial charge in [-0.3, -0.25) is 9.99 Å². The Morgan fingerprint density at radius 3 is 3.12 bits per heavy atom. The Bertz CT molecular complexity index is 446. The molecule has 3 rings (SSSR count). The molecule has 1 aromatic heterocycles. The topological polar surface area (TPSA) is 37.4 Å². The smallest absolute Gasteiger partial charge is 0.0898 e. The van der Waals surface area contributed by atoms with Gasteiger partial charge in [-0.1, -0.05) is 0 Å². The lowest BCUT2D eigenvalue weighted by Crippen LogP contribution is -2.43. The van der Waals surface area contributed by atoms with Crippen molar-refractivity contribution in [2.75, 3.05) is 18.2 Å². The van der Waals surface area contributed by atoms with E-state index >= 15 is 0 Å². The van der Waals surface area contributed by atoms with Crippen LogP contribution in [0.3, 0.4) is 0 Å². The molecule has 0 bridgehead atoms. The van der Waals surface area contributed by atoms with Crippen LogP contribution in [0.4, 0.5) is 5.69 Å². The van der Waals surface area contributed by atoms with Gasteiger partial charge < -0.3 is 4.74 Å². The van der Waals surface area contributed by atoms with E-state index in [4.69, 9.17) is 4.74 Å². The number of hydrazine groups is 1. The van der Waals surface area contributed by atoms with E-state index in [0.29, 0.717) is 6.04 Å². The van der Waals surface area contributed by atoms with E-state index in [1.165, 1.54) is 5.69 Å². The van der Waals surface area contributed by atoms with Gasteiger partial charge in [0.15, 0.2) is 0 Å². The zero-order valence-corrected chi connectivity index (χ0v) is 11.6. The summed E-state index contributed by atoms with van der Waals surface area (Å²) in [6, 6.07) is 2.75. The lowest BCUT2D eigenvalue weighted by atomic mass is 10.2. The summed E-state index contributed by atoms with van der Waals surface area (Å²) >= 11 is 3.65. The Morgan fingerprint density at radius 1 is 1.59 bits per heavy atom. The summed E-state index contributed by atoms with van der Waals surface area (Å²) < 4.78 is 6.58. The van der Waals surface area contributed by atoms with Crippen LogP contribution in [0.25, 0.3) is 0 Å². The predicted molar refractivity (Wildman–Crippen MR) is 69.9 cm³/mol. The van der Waals surface area contributed by atoms with Crippen LogP contribution in [0.2, 0.25) is 0 Å².